The van der Waals surface area contributed by atoms with Gasteiger partial charge in [0, 0.05) is 12.3 Å². The van der Waals surface area contributed by atoms with E-state index < -0.39 is 0 Å². The molecule has 1 N–H and O–H groups in total. The van der Waals surface area contributed by atoms with Crippen LogP contribution in [0.25, 0.3) is 0 Å². The molecule has 2 aromatic rings. The fourth-order valence-electron chi connectivity index (χ4n) is 1.17. The van der Waals surface area contributed by atoms with E-state index in [0.29, 0.717) is 6.54 Å². The van der Waals surface area contributed by atoms with Crippen molar-refractivity contribution in [3.05, 3.63) is 28.9 Å². The molecular formula is C8H10N6O2. The van der Waals surface area contributed by atoms with Gasteiger partial charge in [0.1, 0.15) is 12.4 Å². The van der Waals surface area contributed by atoms with Gasteiger partial charge in [-0.2, -0.15) is 0 Å². The Labute approximate surface area is 90.3 Å². The molecule has 2 rings (SSSR count). The number of ether oxygens (including phenoxy) is 1. The number of H-pyrrole nitrogens is 1. The van der Waals surface area contributed by atoms with Crippen LogP contribution < -0.4 is 10.3 Å². The quantitative estimate of drug-likeness (QED) is 0.728. The first-order valence-electron chi connectivity index (χ1n) is 4.67. The third-order valence-corrected chi connectivity index (χ3v) is 1.80. The monoisotopic (exact) mass is 222 g/mol. The van der Waals surface area contributed by atoms with Crippen molar-refractivity contribution < 1.29 is 4.74 Å². The lowest BCUT2D eigenvalue weighted by atomic mass is 10.4. The van der Waals surface area contributed by atoms with Gasteiger partial charge in [0.2, 0.25) is 0 Å². The highest BCUT2D eigenvalue weighted by atomic mass is 16.5. The van der Waals surface area contributed by atoms with Gasteiger partial charge in [-0.25, -0.2) is 9.67 Å². The van der Waals surface area contributed by atoms with Gasteiger partial charge < -0.3 is 4.74 Å². The highest BCUT2D eigenvalue weighted by Crippen LogP contribution is 2.01. The van der Waals surface area contributed by atoms with Gasteiger partial charge in [0.25, 0.3) is 11.6 Å². The summed E-state index contributed by atoms with van der Waals surface area (Å²) < 4.78 is 6.92. The summed E-state index contributed by atoms with van der Waals surface area (Å²) in [6, 6.07) is 1.51. The van der Waals surface area contributed by atoms with E-state index in [4.69, 9.17) is 4.74 Å². The number of nitrogens with zero attached hydrogens (tertiary/aromatic N) is 5. The Bertz CT molecular complexity index is 493. The number of nitrogens with one attached hydrogen (secondary N) is 1. The van der Waals surface area contributed by atoms with Gasteiger partial charge >= 0.3 is 0 Å². The Kier molecular flexibility index (Phi) is 2.90. The number of hydrogen-bond donors (Lipinski definition) is 1. The molecule has 0 amide bonds. The van der Waals surface area contributed by atoms with Crippen molar-refractivity contribution in [1.82, 2.24) is 30.2 Å². The van der Waals surface area contributed by atoms with Crippen LogP contribution in [0.3, 0.4) is 0 Å². The molecule has 2 heterocycles. The minimum atomic E-state index is -0.250. The molecule has 0 aliphatic rings. The SMILES string of the molecule is CC(Cn1cnnn1)Oc1nccc(=O)[nH]1. The van der Waals surface area contributed by atoms with E-state index in [0.717, 1.165) is 0 Å². The first-order chi connectivity index (χ1) is 7.74. The van der Waals surface area contributed by atoms with E-state index >= 15 is 0 Å². The van der Waals surface area contributed by atoms with E-state index in [9.17, 15) is 4.79 Å². The lowest BCUT2D eigenvalue weighted by molar-refractivity contribution is 0.176. The molecule has 1 unspecified atom stereocenters. The van der Waals surface area contributed by atoms with Crippen molar-refractivity contribution >= 4 is 0 Å². The normalized spacial score (nSPS) is 12.3. The Morgan fingerprint density at radius 2 is 2.50 bits per heavy atom. The predicted molar refractivity (Wildman–Crippen MR) is 52.8 cm³/mol. The molecule has 8 heteroatoms. The van der Waals surface area contributed by atoms with E-state index in [-0.39, 0.29) is 17.7 Å². The lowest BCUT2D eigenvalue weighted by Gasteiger charge is -2.11. The van der Waals surface area contributed by atoms with Crippen molar-refractivity contribution in [2.45, 2.75) is 19.6 Å². The second-order valence-electron chi connectivity index (χ2n) is 3.20. The molecule has 0 aliphatic heterocycles. The Morgan fingerprint density at radius 1 is 1.62 bits per heavy atom. The average Bonchev–Trinajstić information content (AvgIpc) is 2.70. The van der Waals surface area contributed by atoms with Gasteiger partial charge in [0.05, 0.1) is 6.54 Å². The average molecular weight is 222 g/mol. The number of aromatic amines is 1. The van der Waals surface area contributed by atoms with Crippen LogP contribution in [0.5, 0.6) is 6.01 Å². The van der Waals surface area contributed by atoms with Crippen molar-refractivity contribution in [1.29, 1.82) is 0 Å². The highest BCUT2D eigenvalue weighted by Gasteiger charge is 2.07. The van der Waals surface area contributed by atoms with Gasteiger partial charge in [-0.15, -0.1) is 5.10 Å². The first kappa shape index (κ1) is 10.3. The summed E-state index contributed by atoms with van der Waals surface area (Å²) in [5.41, 5.74) is -0.250. The van der Waals surface area contributed by atoms with Gasteiger partial charge in [-0.1, -0.05) is 0 Å². The molecule has 0 saturated carbocycles. The summed E-state index contributed by atoms with van der Waals surface area (Å²) in [4.78, 5) is 17.3. The maximum absolute atomic E-state index is 11.0. The van der Waals surface area contributed by atoms with E-state index in [1.54, 1.807) is 0 Å². The van der Waals surface area contributed by atoms with E-state index in [1.807, 2.05) is 6.92 Å². The summed E-state index contributed by atoms with van der Waals surface area (Å²) in [5, 5.41) is 10.7. The minimum absolute atomic E-state index is 0.188. The van der Waals surface area contributed by atoms with Gasteiger partial charge in [-0.05, 0) is 17.4 Å². The van der Waals surface area contributed by atoms with E-state index in [2.05, 4.69) is 25.5 Å². The van der Waals surface area contributed by atoms with Crippen LogP contribution >= 0.6 is 0 Å². The van der Waals surface area contributed by atoms with Crippen molar-refractivity contribution in [3.8, 4) is 6.01 Å². The molecular weight excluding hydrogens is 212 g/mol. The van der Waals surface area contributed by atoms with Crippen LogP contribution in [-0.4, -0.2) is 36.3 Å². The van der Waals surface area contributed by atoms with E-state index in [1.165, 1.54) is 23.3 Å². The molecule has 0 radical (unpaired) electrons. The summed E-state index contributed by atoms with van der Waals surface area (Å²) >= 11 is 0. The number of hydrogen-bond acceptors (Lipinski definition) is 6. The molecule has 0 aromatic carbocycles. The summed E-state index contributed by atoms with van der Waals surface area (Å²) in [6.07, 6.45) is 2.67. The summed E-state index contributed by atoms with van der Waals surface area (Å²) in [5.74, 6) is 0. The summed E-state index contributed by atoms with van der Waals surface area (Å²) in [6.45, 7) is 2.31. The molecule has 0 bridgehead atoms. The molecule has 2 aromatic heterocycles. The number of aromatic nitrogens is 6. The minimum Gasteiger partial charge on any atom is -0.460 e. The Hall–Kier alpha value is -2.25. The highest BCUT2D eigenvalue weighted by molar-refractivity contribution is 4.94. The standard InChI is InChI=1S/C8H10N6O2/c1-6(4-14-5-10-12-13-14)16-8-9-3-2-7(15)11-8/h2-3,5-6H,4H2,1H3,(H,9,11,15). The van der Waals surface area contributed by atoms with Gasteiger partial charge in [0.15, 0.2) is 0 Å². The van der Waals surface area contributed by atoms with Crippen LogP contribution in [0.4, 0.5) is 0 Å². The largest absolute Gasteiger partial charge is 0.460 e. The zero-order valence-electron chi connectivity index (χ0n) is 8.57. The van der Waals surface area contributed by atoms with Crippen LogP contribution in [0, 0.1) is 0 Å². The second-order valence-corrected chi connectivity index (χ2v) is 3.20. The van der Waals surface area contributed by atoms with Crippen molar-refractivity contribution in [2.75, 3.05) is 0 Å². The zero-order chi connectivity index (χ0) is 11.4. The Balaban J connectivity index is 1.97. The fourth-order valence-corrected chi connectivity index (χ4v) is 1.17. The molecule has 1 atom stereocenters. The topological polar surface area (TPSA) is 98.6 Å². The van der Waals surface area contributed by atoms with Gasteiger partial charge in [-0.3, -0.25) is 9.78 Å². The molecule has 0 saturated heterocycles. The van der Waals surface area contributed by atoms with Crippen LogP contribution in [0.2, 0.25) is 0 Å². The van der Waals surface area contributed by atoms with Crippen LogP contribution in [0.15, 0.2) is 23.4 Å². The van der Waals surface area contributed by atoms with Crippen molar-refractivity contribution in [3.63, 3.8) is 0 Å². The molecule has 0 fully saturated rings. The number of tetrazole rings is 1. The third kappa shape index (κ3) is 2.62. The smallest absolute Gasteiger partial charge is 0.296 e. The zero-order valence-corrected chi connectivity index (χ0v) is 8.57. The number of rotatable bonds is 4. The third-order valence-electron chi connectivity index (χ3n) is 1.80. The van der Waals surface area contributed by atoms with Crippen molar-refractivity contribution in [2.24, 2.45) is 0 Å². The molecule has 0 spiro atoms. The van der Waals surface area contributed by atoms with Crippen LogP contribution in [0.1, 0.15) is 6.92 Å². The summed E-state index contributed by atoms with van der Waals surface area (Å²) in [7, 11) is 0. The maximum Gasteiger partial charge on any atom is 0.296 e. The Morgan fingerprint density at radius 3 is 3.19 bits per heavy atom. The molecule has 0 aliphatic carbocycles. The molecule has 8 nitrogen and oxygen atoms in total. The predicted octanol–water partition coefficient (Wildman–Crippen LogP) is -0.776. The molecule has 84 valence electrons. The second kappa shape index (κ2) is 4.51. The molecule has 16 heavy (non-hydrogen) atoms. The van der Waals surface area contributed by atoms with Crippen LogP contribution in [-0.2, 0) is 6.54 Å². The maximum atomic E-state index is 11.0. The lowest BCUT2D eigenvalue weighted by Crippen LogP contribution is -2.22. The fraction of sp³-hybridized carbons (Fsp3) is 0.375. The first-order valence-corrected chi connectivity index (χ1v) is 4.67.